The van der Waals surface area contributed by atoms with Crippen molar-refractivity contribution in [2.45, 2.75) is 26.7 Å². The summed E-state index contributed by atoms with van der Waals surface area (Å²) in [7, 11) is 2.09. The Balaban J connectivity index is 2.11. The van der Waals surface area contributed by atoms with Crippen LogP contribution in [0.1, 0.15) is 32.6 Å². The minimum absolute atomic E-state index is 0.0461. The number of esters is 1. The van der Waals surface area contributed by atoms with Crippen LogP contribution in [-0.4, -0.2) is 60.8 Å². The number of piperazine rings is 1. The molecule has 2 heterocycles. The van der Waals surface area contributed by atoms with Gasteiger partial charge in [0.15, 0.2) is 0 Å². The topological polar surface area (TPSA) is 71.7 Å². The zero-order valence-corrected chi connectivity index (χ0v) is 13.2. The monoisotopic (exact) mass is 296 g/mol. The van der Waals surface area contributed by atoms with Crippen LogP contribution in [0.15, 0.2) is 4.52 Å². The number of nitrogens with zero attached hydrogens (tertiary/aromatic N) is 4. The SMILES string of the molecule is CCOC(=O)C(c1nc(N2CCN(C)CC2)no1)C(C)C. The lowest BCUT2D eigenvalue weighted by Crippen LogP contribution is -2.44. The molecule has 1 aliphatic heterocycles. The van der Waals surface area contributed by atoms with Gasteiger partial charge < -0.3 is 19.1 Å². The first-order chi connectivity index (χ1) is 10.0. The molecule has 0 bridgehead atoms. The van der Waals surface area contributed by atoms with Gasteiger partial charge in [0, 0.05) is 26.2 Å². The van der Waals surface area contributed by atoms with Crippen LogP contribution in [0.4, 0.5) is 5.95 Å². The van der Waals surface area contributed by atoms with Crippen molar-refractivity contribution in [1.82, 2.24) is 15.0 Å². The van der Waals surface area contributed by atoms with E-state index >= 15 is 0 Å². The highest BCUT2D eigenvalue weighted by Crippen LogP contribution is 2.26. The van der Waals surface area contributed by atoms with Crippen molar-refractivity contribution in [3.05, 3.63) is 5.89 Å². The number of likely N-dealkylation sites (N-methyl/N-ethyl adjacent to an activating group) is 1. The molecule has 0 saturated carbocycles. The third-order valence-electron chi connectivity index (χ3n) is 3.69. The van der Waals surface area contributed by atoms with E-state index in [9.17, 15) is 4.79 Å². The number of hydrogen-bond acceptors (Lipinski definition) is 7. The summed E-state index contributed by atoms with van der Waals surface area (Å²) in [5, 5.41) is 4.02. The third kappa shape index (κ3) is 3.72. The summed E-state index contributed by atoms with van der Waals surface area (Å²) in [6, 6.07) is 0. The molecule has 0 amide bonds. The third-order valence-corrected chi connectivity index (χ3v) is 3.69. The first-order valence-corrected chi connectivity index (χ1v) is 7.46. The summed E-state index contributed by atoms with van der Waals surface area (Å²) in [4.78, 5) is 20.8. The predicted molar refractivity (Wildman–Crippen MR) is 78.2 cm³/mol. The molecule has 1 unspecified atom stereocenters. The second-order valence-corrected chi connectivity index (χ2v) is 5.70. The molecule has 1 aromatic rings. The number of carbonyl (C=O) groups is 1. The van der Waals surface area contributed by atoms with Crippen LogP contribution in [0.5, 0.6) is 0 Å². The average Bonchev–Trinajstić information content (AvgIpc) is 2.89. The zero-order valence-electron chi connectivity index (χ0n) is 13.2. The van der Waals surface area contributed by atoms with Crippen LogP contribution in [0.25, 0.3) is 0 Å². The maximum atomic E-state index is 12.0. The lowest BCUT2D eigenvalue weighted by atomic mass is 9.96. The van der Waals surface area contributed by atoms with Crippen molar-refractivity contribution < 1.29 is 14.1 Å². The molecule has 118 valence electrons. The van der Waals surface area contributed by atoms with Gasteiger partial charge in [0.25, 0.3) is 5.95 Å². The molecule has 1 aromatic heterocycles. The summed E-state index contributed by atoms with van der Waals surface area (Å²) in [5.74, 6) is 0.148. The van der Waals surface area contributed by atoms with Crippen molar-refractivity contribution in [1.29, 1.82) is 0 Å². The van der Waals surface area contributed by atoms with E-state index in [4.69, 9.17) is 9.26 Å². The van der Waals surface area contributed by atoms with Gasteiger partial charge in [0.05, 0.1) is 6.61 Å². The van der Waals surface area contributed by atoms with Gasteiger partial charge in [-0.15, -0.1) is 0 Å². The van der Waals surface area contributed by atoms with Crippen LogP contribution in [0.2, 0.25) is 0 Å². The number of aromatic nitrogens is 2. The second kappa shape index (κ2) is 6.89. The average molecular weight is 296 g/mol. The van der Waals surface area contributed by atoms with Crippen LogP contribution in [0.3, 0.4) is 0 Å². The summed E-state index contributed by atoms with van der Waals surface area (Å²) >= 11 is 0. The maximum absolute atomic E-state index is 12.0. The zero-order chi connectivity index (χ0) is 15.4. The standard InChI is InChI=1S/C14H24N4O3/c1-5-20-13(19)11(10(2)3)12-15-14(16-21-12)18-8-6-17(4)7-9-18/h10-11H,5-9H2,1-4H3. The fraction of sp³-hybridized carbons (Fsp3) is 0.786. The Morgan fingerprint density at radius 3 is 2.57 bits per heavy atom. The van der Waals surface area contributed by atoms with E-state index in [1.165, 1.54) is 0 Å². The largest absolute Gasteiger partial charge is 0.465 e. The van der Waals surface area contributed by atoms with Gasteiger partial charge in [-0.1, -0.05) is 13.8 Å². The Morgan fingerprint density at radius 1 is 1.33 bits per heavy atom. The van der Waals surface area contributed by atoms with Gasteiger partial charge >= 0.3 is 5.97 Å². The molecule has 1 atom stereocenters. The van der Waals surface area contributed by atoms with E-state index in [0.717, 1.165) is 26.2 Å². The second-order valence-electron chi connectivity index (χ2n) is 5.70. The molecule has 7 heteroatoms. The number of ether oxygens (including phenoxy) is 1. The molecule has 1 saturated heterocycles. The molecule has 0 spiro atoms. The molecule has 0 aromatic carbocycles. The van der Waals surface area contributed by atoms with Crippen LogP contribution in [0, 0.1) is 5.92 Å². The fourth-order valence-electron chi connectivity index (χ4n) is 2.38. The number of anilines is 1. The molecule has 0 aliphatic carbocycles. The number of rotatable bonds is 5. The van der Waals surface area contributed by atoms with E-state index in [1.54, 1.807) is 6.92 Å². The van der Waals surface area contributed by atoms with Crippen molar-refractivity contribution in [2.75, 3.05) is 44.7 Å². The summed E-state index contributed by atoms with van der Waals surface area (Å²) in [5.41, 5.74) is 0. The molecule has 1 fully saturated rings. The molecule has 7 nitrogen and oxygen atoms in total. The first kappa shape index (κ1) is 15.8. The lowest BCUT2D eigenvalue weighted by Gasteiger charge is -2.31. The minimum atomic E-state index is -0.501. The van der Waals surface area contributed by atoms with Gasteiger partial charge in [-0.25, -0.2) is 0 Å². The molecule has 1 aliphatic rings. The number of carbonyl (C=O) groups excluding carboxylic acids is 1. The summed E-state index contributed by atoms with van der Waals surface area (Å²) in [6.07, 6.45) is 0. The molecule has 21 heavy (non-hydrogen) atoms. The molecule has 2 rings (SSSR count). The molecule has 0 N–H and O–H groups in total. The van der Waals surface area contributed by atoms with E-state index in [2.05, 4.69) is 27.0 Å². The van der Waals surface area contributed by atoms with Crippen LogP contribution < -0.4 is 4.90 Å². The van der Waals surface area contributed by atoms with Crippen molar-refractivity contribution in [3.8, 4) is 0 Å². The van der Waals surface area contributed by atoms with Gasteiger partial charge in [0.2, 0.25) is 5.89 Å². The van der Waals surface area contributed by atoms with Gasteiger partial charge in [-0.2, -0.15) is 4.98 Å². The Labute approximate surface area is 125 Å². The predicted octanol–water partition coefficient (Wildman–Crippen LogP) is 1.12. The van der Waals surface area contributed by atoms with Gasteiger partial charge in [0.1, 0.15) is 5.92 Å². The Morgan fingerprint density at radius 2 is 2.00 bits per heavy atom. The Kier molecular flexibility index (Phi) is 5.17. The minimum Gasteiger partial charge on any atom is -0.465 e. The quantitative estimate of drug-likeness (QED) is 0.754. The van der Waals surface area contributed by atoms with Crippen molar-refractivity contribution >= 4 is 11.9 Å². The first-order valence-electron chi connectivity index (χ1n) is 7.46. The highest BCUT2D eigenvalue weighted by Gasteiger charge is 2.32. The van der Waals surface area contributed by atoms with E-state index in [-0.39, 0.29) is 11.9 Å². The highest BCUT2D eigenvalue weighted by molar-refractivity contribution is 5.77. The normalized spacial score (nSPS) is 18.0. The Hall–Kier alpha value is -1.63. The fourth-order valence-corrected chi connectivity index (χ4v) is 2.38. The van der Waals surface area contributed by atoms with E-state index in [0.29, 0.717) is 18.4 Å². The summed E-state index contributed by atoms with van der Waals surface area (Å²) < 4.78 is 10.4. The smallest absolute Gasteiger partial charge is 0.318 e. The van der Waals surface area contributed by atoms with E-state index in [1.807, 2.05) is 13.8 Å². The van der Waals surface area contributed by atoms with Crippen LogP contribution >= 0.6 is 0 Å². The molecule has 0 radical (unpaired) electrons. The van der Waals surface area contributed by atoms with E-state index < -0.39 is 5.92 Å². The lowest BCUT2D eigenvalue weighted by molar-refractivity contribution is -0.146. The van der Waals surface area contributed by atoms with Gasteiger partial charge in [-0.05, 0) is 25.0 Å². The van der Waals surface area contributed by atoms with Crippen LogP contribution in [-0.2, 0) is 9.53 Å². The summed E-state index contributed by atoms with van der Waals surface area (Å²) in [6.45, 7) is 9.69. The highest BCUT2D eigenvalue weighted by atomic mass is 16.5. The van der Waals surface area contributed by atoms with Gasteiger partial charge in [-0.3, -0.25) is 4.79 Å². The Bertz CT molecular complexity index is 467. The van der Waals surface area contributed by atoms with Crippen molar-refractivity contribution in [3.63, 3.8) is 0 Å². The molecular formula is C14H24N4O3. The molecular weight excluding hydrogens is 272 g/mol. The van der Waals surface area contributed by atoms with Crippen molar-refractivity contribution in [2.24, 2.45) is 5.92 Å². The number of hydrogen-bond donors (Lipinski definition) is 0. The maximum Gasteiger partial charge on any atom is 0.318 e.